The van der Waals surface area contributed by atoms with E-state index in [4.69, 9.17) is 11.6 Å². The number of alkyl halides is 1. The Morgan fingerprint density at radius 1 is 1.71 bits per heavy atom. The van der Waals surface area contributed by atoms with Crippen molar-refractivity contribution in [2.45, 2.75) is 25.0 Å². The summed E-state index contributed by atoms with van der Waals surface area (Å²) in [5.74, 6) is -0.490. The predicted molar refractivity (Wildman–Crippen MR) is 48.9 cm³/mol. The summed E-state index contributed by atoms with van der Waals surface area (Å²) < 4.78 is 4.55. The van der Waals surface area contributed by atoms with E-state index in [2.05, 4.69) is 10.1 Å². The van der Waals surface area contributed by atoms with Crippen molar-refractivity contribution >= 4 is 23.5 Å². The summed E-state index contributed by atoms with van der Waals surface area (Å²) in [4.78, 5) is 22.1. The molecule has 0 unspecified atom stereocenters. The topological polar surface area (TPSA) is 75.6 Å². The van der Waals surface area contributed by atoms with E-state index in [1.54, 1.807) is 0 Å². The van der Waals surface area contributed by atoms with Gasteiger partial charge < -0.3 is 15.2 Å². The van der Waals surface area contributed by atoms with Crippen LogP contribution in [0.1, 0.15) is 12.8 Å². The highest BCUT2D eigenvalue weighted by atomic mass is 35.5. The molecule has 0 aromatic carbocycles. The van der Waals surface area contributed by atoms with Crippen molar-refractivity contribution in [3.05, 3.63) is 0 Å². The van der Waals surface area contributed by atoms with Crippen molar-refractivity contribution in [3.8, 4) is 0 Å². The minimum atomic E-state index is -0.942. The van der Waals surface area contributed by atoms with Gasteiger partial charge in [0.25, 0.3) is 0 Å². The standard InChI is InChI=1S/C8H12ClNO4/c9-3-1-2-6(12)10-7-5(11)4-14-8(7)13/h5,7,11H,1-4H2,(H,10,12)/t5-,7-/m0/s1. The fourth-order valence-electron chi connectivity index (χ4n) is 1.14. The number of hydrogen-bond donors (Lipinski definition) is 2. The number of hydrogen-bond acceptors (Lipinski definition) is 4. The maximum Gasteiger partial charge on any atom is 0.331 e. The second-order valence-corrected chi connectivity index (χ2v) is 3.41. The van der Waals surface area contributed by atoms with Crippen molar-refractivity contribution in [3.63, 3.8) is 0 Å². The number of aliphatic hydroxyl groups excluding tert-OH is 1. The summed E-state index contributed by atoms with van der Waals surface area (Å²) in [6.45, 7) is -0.0563. The summed E-state index contributed by atoms with van der Waals surface area (Å²) in [7, 11) is 0. The second-order valence-electron chi connectivity index (χ2n) is 3.04. The molecule has 6 heteroatoms. The number of ether oxygens (including phenoxy) is 1. The molecule has 0 spiro atoms. The van der Waals surface area contributed by atoms with E-state index in [0.717, 1.165) is 0 Å². The van der Waals surface area contributed by atoms with Crippen LogP contribution in [0, 0.1) is 0 Å². The van der Waals surface area contributed by atoms with Crippen LogP contribution < -0.4 is 5.32 Å². The number of esters is 1. The number of amides is 1. The minimum absolute atomic E-state index is 0.0563. The van der Waals surface area contributed by atoms with Crippen LogP contribution >= 0.6 is 11.6 Å². The zero-order chi connectivity index (χ0) is 10.6. The van der Waals surface area contributed by atoms with Gasteiger partial charge in [-0.2, -0.15) is 0 Å². The first-order valence-electron chi connectivity index (χ1n) is 4.35. The highest BCUT2D eigenvalue weighted by Crippen LogP contribution is 2.07. The number of carbonyl (C=O) groups excluding carboxylic acids is 2. The van der Waals surface area contributed by atoms with Crippen LogP contribution in [0.25, 0.3) is 0 Å². The van der Waals surface area contributed by atoms with Gasteiger partial charge in [-0.05, 0) is 6.42 Å². The van der Waals surface area contributed by atoms with E-state index in [1.807, 2.05) is 0 Å². The van der Waals surface area contributed by atoms with E-state index in [1.165, 1.54) is 0 Å². The van der Waals surface area contributed by atoms with Crippen molar-refractivity contribution < 1.29 is 19.4 Å². The first-order valence-corrected chi connectivity index (χ1v) is 4.88. The molecular formula is C8H12ClNO4. The number of carbonyl (C=O) groups is 2. The highest BCUT2D eigenvalue weighted by Gasteiger charge is 2.36. The largest absolute Gasteiger partial charge is 0.461 e. The molecule has 2 atom stereocenters. The first kappa shape index (κ1) is 11.3. The third kappa shape index (κ3) is 2.85. The Kier molecular flexibility index (Phi) is 4.16. The summed E-state index contributed by atoms with van der Waals surface area (Å²) in [5, 5.41) is 11.6. The average molecular weight is 222 g/mol. The lowest BCUT2D eigenvalue weighted by molar-refractivity contribution is -0.141. The number of halogens is 1. The lowest BCUT2D eigenvalue weighted by atomic mass is 10.2. The molecular weight excluding hydrogens is 210 g/mol. The monoisotopic (exact) mass is 221 g/mol. The van der Waals surface area contributed by atoms with E-state index < -0.39 is 18.1 Å². The Labute approximate surface area is 86.4 Å². The Morgan fingerprint density at radius 3 is 2.93 bits per heavy atom. The maximum atomic E-state index is 11.2. The molecule has 1 saturated heterocycles. The van der Waals surface area contributed by atoms with Crippen molar-refractivity contribution in [2.24, 2.45) is 0 Å². The van der Waals surface area contributed by atoms with E-state index in [-0.39, 0.29) is 18.9 Å². The zero-order valence-corrected chi connectivity index (χ0v) is 8.29. The quantitative estimate of drug-likeness (QED) is 0.492. The van der Waals surface area contributed by atoms with Crippen molar-refractivity contribution in [1.82, 2.24) is 5.32 Å². The highest BCUT2D eigenvalue weighted by molar-refractivity contribution is 6.17. The third-order valence-electron chi connectivity index (χ3n) is 1.89. The van der Waals surface area contributed by atoms with Gasteiger partial charge in [-0.1, -0.05) is 0 Å². The van der Waals surface area contributed by atoms with Crippen LogP contribution in [0.2, 0.25) is 0 Å². The summed E-state index contributed by atoms with van der Waals surface area (Å²) >= 11 is 5.40. The van der Waals surface area contributed by atoms with Gasteiger partial charge in [0, 0.05) is 12.3 Å². The molecule has 1 aliphatic heterocycles. The first-order chi connectivity index (χ1) is 6.65. The molecule has 14 heavy (non-hydrogen) atoms. The normalized spacial score (nSPS) is 26.0. The van der Waals surface area contributed by atoms with E-state index >= 15 is 0 Å². The van der Waals surface area contributed by atoms with Gasteiger partial charge >= 0.3 is 5.97 Å². The molecule has 1 rings (SSSR count). The fraction of sp³-hybridized carbons (Fsp3) is 0.750. The van der Waals surface area contributed by atoms with Gasteiger partial charge in [0.2, 0.25) is 5.91 Å². The average Bonchev–Trinajstić information content (AvgIpc) is 2.46. The number of aliphatic hydroxyl groups is 1. The molecule has 0 aromatic rings. The molecule has 0 bridgehead atoms. The SMILES string of the molecule is O=C(CCCCl)N[C@@H]1C(=O)OC[C@@H]1O. The van der Waals surface area contributed by atoms with Gasteiger partial charge in [-0.25, -0.2) is 4.79 Å². The Morgan fingerprint density at radius 2 is 2.43 bits per heavy atom. The maximum absolute atomic E-state index is 11.2. The van der Waals surface area contributed by atoms with Gasteiger partial charge in [0.05, 0.1) is 0 Å². The molecule has 0 aromatic heterocycles. The third-order valence-corrected chi connectivity index (χ3v) is 2.16. The lowest BCUT2D eigenvalue weighted by Crippen LogP contribution is -2.44. The summed E-state index contributed by atoms with van der Waals surface area (Å²) in [6, 6.07) is -0.919. The smallest absolute Gasteiger partial charge is 0.331 e. The Balaban J connectivity index is 2.35. The summed E-state index contributed by atoms with van der Waals surface area (Å²) in [5.41, 5.74) is 0. The molecule has 5 nitrogen and oxygen atoms in total. The van der Waals surface area contributed by atoms with Gasteiger partial charge in [-0.15, -0.1) is 11.6 Å². The fourth-order valence-corrected chi connectivity index (χ4v) is 1.27. The minimum Gasteiger partial charge on any atom is -0.461 e. The zero-order valence-electron chi connectivity index (χ0n) is 7.53. The van der Waals surface area contributed by atoms with E-state index in [9.17, 15) is 14.7 Å². The van der Waals surface area contributed by atoms with Gasteiger partial charge in [0.15, 0.2) is 6.04 Å². The van der Waals surface area contributed by atoms with Crippen LogP contribution in [0.15, 0.2) is 0 Å². The van der Waals surface area contributed by atoms with Crippen LogP contribution in [0.5, 0.6) is 0 Å². The van der Waals surface area contributed by atoms with E-state index in [0.29, 0.717) is 12.3 Å². The van der Waals surface area contributed by atoms with Crippen LogP contribution in [0.4, 0.5) is 0 Å². The number of rotatable bonds is 4. The second kappa shape index (κ2) is 5.17. The molecule has 0 aliphatic carbocycles. The van der Waals surface area contributed by atoms with Crippen molar-refractivity contribution in [2.75, 3.05) is 12.5 Å². The molecule has 1 heterocycles. The number of nitrogens with one attached hydrogen (secondary N) is 1. The molecule has 0 radical (unpaired) electrons. The molecule has 1 fully saturated rings. The van der Waals surface area contributed by atoms with Crippen LogP contribution in [-0.4, -0.2) is 41.6 Å². The Hall–Kier alpha value is -0.810. The molecule has 0 saturated carbocycles. The van der Waals surface area contributed by atoms with Crippen LogP contribution in [0.3, 0.4) is 0 Å². The van der Waals surface area contributed by atoms with Crippen LogP contribution in [-0.2, 0) is 14.3 Å². The van der Waals surface area contributed by atoms with Gasteiger partial charge in [0.1, 0.15) is 12.7 Å². The molecule has 80 valence electrons. The Bertz CT molecular complexity index is 233. The molecule has 1 aliphatic rings. The van der Waals surface area contributed by atoms with Gasteiger partial charge in [-0.3, -0.25) is 4.79 Å². The molecule has 2 N–H and O–H groups in total. The predicted octanol–water partition coefficient (Wildman–Crippen LogP) is -0.592. The lowest BCUT2D eigenvalue weighted by Gasteiger charge is -2.11. The van der Waals surface area contributed by atoms with Crippen molar-refractivity contribution in [1.29, 1.82) is 0 Å². The summed E-state index contributed by atoms with van der Waals surface area (Å²) in [6.07, 6.45) is -0.145. The number of cyclic esters (lactones) is 1. The molecule has 1 amide bonds.